The Balaban J connectivity index is 2.13. The van der Waals surface area contributed by atoms with Gasteiger partial charge >= 0.3 is 0 Å². The van der Waals surface area contributed by atoms with Gasteiger partial charge in [-0.15, -0.1) is 0 Å². The topological polar surface area (TPSA) is 0 Å². The van der Waals surface area contributed by atoms with E-state index in [9.17, 15) is 0 Å². The molecule has 0 aromatic carbocycles. The summed E-state index contributed by atoms with van der Waals surface area (Å²) in [4.78, 5) is 0. The van der Waals surface area contributed by atoms with Crippen LogP contribution in [0.2, 0.25) is 0 Å². The standard InChI is InChI=1S/C15H24/c1-12-7-3-6-10-15-13(2)8-4-5-9-14(15)11-12/h3-6,12-15H,7-11H2,1-2H3/b6-3-. The Kier molecular flexibility index (Phi) is 3.66. The Morgan fingerprint density at radius 3 is 2.33 bits per heavy atom. The third-order valence-electron chi connectivity index (χ3n) is 4.27. The Bertz CT molecular complexity index is 249. The molecule has 0 aromatic heterocycles. The predicted molar refractivity (Wildman–Crippen MR) is 66.7 cm³/mol. The summed E-state index contributed by atoms with van der Waals surface area (Å²) < 4.78 is 0. The van der Waals surface area contributed by atoms with Gasteiger partial charge in [0.2, 0.25) is 0 Å². The molecule has 2 aliphatic carbocycles. The molecule has 2 aliphatic rings. The summed E-state index contributed by atoms with van der Waals surface area (Å²) in [6.45, 7) is 4.85. The molecule has 84 valence electrons. The van der Waals surface area contributed by atoms with Gasteiger partial charge in [0.25, 0.3) is 0 Å². The van der Waals surface area contributed by atoms with Crippen LogP contribution in [0.25, 0.3) is 0 Å². The van der Waals surface area contributed by atoms with Crippen molar-refractivity contribution in [3.05, 3.63) is 24.3 Å². The van der Waals surface area contributed by atoms with Crippen LogP contribution >= 0.6 is 0 Å². The molecule has 0 aliphatic heterocycles. The fourth-order valence-electron chi connectivity index (χ4n) is 3.29. The van der Waals surface area contributed by atoms with E-state index in [1.54, 1.807) is 0 Å². The highest BCUT2D eigenvalue weighted by molar-refractivity contribution is 4.99. The molecule has 0 amide bonds. The molecule has 0 radical (unpaired) electrons. The van der Waals surface area contributed by atoms with Crippen molar-refractivity contribution in [2.75, 3.05) is 0 Å². The summed E-state index contributed by atoms with van der Waals surface area (Å²) in [5.41, 5.74) is 0. The molecule has 0 saturated carbocycles. The zero-order valence-corrected chi connectivity index (χ0v) is 10.2. The highest BCUT2D eigenvalue weighted by Crippen LogP contribution is 2.38. The number of fused-ring (bicyclic) bond motifs is 1. The van der Waals surface area contributed by atoms with E-state index in [1.165, 1.54) is 32.1 Å². The lowest BCUT2D eigenvalue weighted by atomic mass is 9.73. The molecule has 0 aromatic rings. The smallest absolute Gasteiger partial charge is 0.0317 e. The zero-order chi connectivity index (χ0) is 10.7. The molecule has 0 heterocycles. The molecule has 0 N–H and O–H groups in total. The lowest BCUT2D eigenvalue weighted by molar-refractivity contribution is 0.210. The first-order valence-electron chi connectivity index (χ1n) is 6.57. The van der Waals surface area contributed by atoms with Crippen LogP contribution in [0.5, 0.6) is 0 Å². The molecule has 15 heavy (non-hydrogen) atoms. The van der Waals surface area contributed by atoms with Gasteiger partial charge in [0.1, 0.15) is 0 Å². The van der Waals surface area contributed by atoms with Crippen LogP contribution in [0.15, 0.2) is 24.3 Å². The van der Waals surface area contributed by atoms with Gasteiger partial charge in [0.15, 0.2) is 0 Å². The molecule has 4 unspecified atom stereocenters. The zero-order valence-electron chi connectivity index (χ0n) is 10.2. The average molecular weight is 204 g/mol. The first-order chi connectivity index (χ1) is 7.27. The van der Waals surface area contributed by atoms with Crippen LogP contribution in [0, 0.1) is 23.7 Å². The summed E-state index contributed by atoms with van der Waals surface area (Å²) in [5.74, 6) is 3.63. The monoisotopic (exact) mass is 204 g/mol. The molecular weight excluding hydrogens is 180 g/mol. The van der Waals surface area contributed by atoms with E-state index in [1.807, 2.05) is 0 Å². The van der Waals surface area contributed by atoms with Crippen molar-refractivity contribution >= 4 is 0 Å². The second-order valence-electron chi connectivity index (χ2n) is 5.63. The molecule has 0 spiro atoms. The van der Waals surface area contributed by atoms with E-state index in [0.717, 1.165) is 23.7 Å². The Morgan fingerprint density at radius 1 is 0.800 bits per heavy atom. The summed E-state index contributed by atoms with van der Waals surface area (Å²) in [7, 11) is 0. The van der Waals surface area contributed by atoms with Crippen LogP contribution in [0.4, 0.5) is 0 Å². The number of hydrogen-bond acceptors (Lipinski definition) is 0. The number of allylic oxidation sites excluding steroid dienone is 4. The predicted octanol–water partition coefficient (Wildman–Crippen LogP) is 4.58. The summed E-state index contributed by atoms with van der Waals surface area (Å²) >= 11 is 0. The van der Waals surface area contributed by atoms with Gasteiger partial charge in [0.05, 0.1) is 0 Å². The number of rotatable bonds is 0. The van der Waals surface area contributed by atoms with Crippen molar-refractivity contribution in [2.45, 2.75) is 46.0 Å². The first-order valence-corrected chi connectivity index (χ1v) is 6.57. The Hall–Kier alpha value is -0.520. The fraction of sp³-hybridized carbons (Fsp3) is 0.733. The maximum Gasteiger partial charge on any atom is -0.0317 e. The van der Waals surface area contributed by atoms with E-state index in [0.29, 0.717) is 0 Å². The molecule has 0 nitrogen and oxygen atoms in total. The third kappa shape index (κ3) is 2.74. The lowest BCUT2D eigenvalue weighted by Crippen LogP contribution is -2.22. The first kappa shape index (κ1) is 11.0. The molecule has 2 rings (SSSR count). The largest absolute Gasteiger partial charge is 0.0883 e. The normalized spacial score (nSPS) is 43.6. The van der Waals surface area contributed by atoms with Crippen molar-refractivity contribution in [3.8, 4) is 0 Å². The van der Waals surface area contributed by atoms with Gasteiger partial charge in [0, 0.05) is 0 Å². The molecule has 0 fully saturated rings. The summed E-state index contributed by atoms with van der Waals surface area (Å²) in [5, 5.41) is 0. The Labute approximate surface area is 94.5 Å². The SMILES string of the molecule is CC1C/C=C\CC2C(C)CC=CCC2C1. The van der Waals surface area contributed by atoms with Crippen molar-refractivity contribution in [3.63, 3.8) is 0 Å². The second kappa shape index (κ2) is 5.01. The van der Waals surface area contributed by atoms with Gasteiger partial charge in [-0.1, -0.05) is 38.2 Å². The summed E-state index contributed by atoms with van der Waals surface area (Å²) in [6, 6.07) is 0. The van der Waals surface area contributed by atoms with Crippen molar-refractivity contribution in [1.29, 1.82) is 0 Å². The highest BCUT2D eigenvalue weighted by atomic mass is 14.3. The van der Waals surface area contributed by atoms with Crippen LogP contribution in [0.1, 0.15) is 46.0 Å². The maximum absolute atomic E-state index is 2.44. The molecular formula is C15H24. The van der Waals surface area contributed by atoms with Crippen LogP contribution < -0.4 is 0 Å². The van der Waals surface area contributed by atoms with Gasteiger partial charge in [-0.25, -0.2) is 0 Å². The van der Waals surface area contributed by atoms with Crippen LogP contribution in [0.3, 0.4) is 0 Å². The maximum atomic E-state index is 2.44. The number of hydrogen-bond donors (Lipinski definition) is 0. The van der Waals surface area contributed by atoms with E-state index in [4.69, 9.17) is 0 Å². The molecule has 0 bridgehead atoms. The van der Waals surface area contributed by atoms with Crippen molar-refractivity contribution in [2.24, 2.45) is 23.7 Å². The van der Waals surface area contributed by atoms with Gasteiger partial charge in [-0.3, -0.25) is 0 Å². The fourth-order valence-corrected chi connectivity index (χ4v) is 3.29. The van der Waals surface area contributed by atoms with E-state index < -0.39 is 0 Å². The van der Waals surface area contributed by atoms with Crippen molar-refractivity contribution < 1.29 is 0 Å². The van der Waals surface area contributed by atoms with Gasteiger partial charge in [-0.2, -0.15) is 0 Å². The minimum absolute atomic E-state index is 0.878. The van der Waals surface area contributed by atoms with Gasteiger partial charge in [-0.05, 0) is 55.8 Å². The van der Waals surface area contributed by atoms with Crippen LogP contribution in [-0.4, -0.2) is 0 Å². The van der Waals surface area contributed by atoms with E-state index >= 15 is 0 Å². The average Bonchev–Trinajstić information content (AvgIpc) is 2.33. The second-order valence-corrected chi connectivity index (χ2v) is 5.63. The minimum atomic E-state index is 0.878. The lowest BCUT2D eigenvalue weighted by Gasteiger charge is -2.32. The molecule has 4 atom stereocenters. The van der Waals surface area contributed by atoms with Crippen LogP contribution in [-0.2, 0) is 0 Å². The quantitative estimate of drug-likeness (QED) is 0.507. The highest BCUT2D eigenvalue weighted by Gasteiger charge is 2.28. The molecule has 0 saturated heterocycles. The minimum Gasteiger partial charge on any atom is -0.0883 e. The Morgan fingerprint density at radius 2 is 1.47 bits per heavy atom. The van der Waals surface area contributed by atoms with Gasteiger partial charge < -0.3 is 0 Å². The molecule has 0 heteroatoms. The summed E-state index contributed by atoms with van der Waals surface area (Å²) in [6.07, 6.45) is 16.4. The van der Waals surface area contributed by atoms with Crippen molar-refractivity contribution in [1.82, 2.24) is 0 Å². The third-order valence-corrected chi connectivity index (χ3v) is 4.27. The van der Waals surface area contributed by atoms with E-state index in [-0.39, 0.29) is 0 Å². The van der Waals surface area contributed by atoms with E-state index in [2.05, 4.69) is 38.2 Å².